The largest absolute Gasteiger partial charge is 0.487 e. The van der Waals surface area contributed by atoms with E-state index in [1.54, 1.807) is 0 Å². The van der Waals surface area contributed by atoms with Crippen molar-refractivity contribution in [1.82, 2.24) is 0 Å². The first kappa shape index (κ1) is 20.7. The van der Waals surface area contributed by atoms with Crippen LogP contribution in [0.15, 0.2) is 78.9 Å². The molecule has 4 heteroatoms. The molecule has 0 radical (unpaired) electrons. The second kappa shape index (κ2) is 9.99. The van der Waals surface area contributed by atoms with E-state index in [2.05, 4.69) is 93.6 Å². The van der Waals surface area contributed by atoms with Gasteiger partial charge in [0.05, 0.1) is 5.69 Å². The Hall–Kier alpha value is -3.14. The molecule has 166 valence electrons. The Morgan fingerprint density at radius 2 is 1.19 bits per heavy atom. The summed E-state index contributed by atoms with van der Waals surface area (Å²) < 4.78 is 6.36. The van der Waals surface area contributed by atoms with Gasteiger partial charge in [-0.05, 0) is 55.2 Å². The van der Waals surface area contributed by atoms with Crippen molar-refractivity contribution in [2.45, 2.75) is 25.9 Å². The SMILES string of the molecule is c1ccc(COc2ccc(N3CCCCC3)cc2N2CCN(c3ccccc3)CC2)cc1. The number of nitrogens with zero attached hydrogens (tertiary/aromatic N) is 3. The van der Waals surface area contributed by atoms with Gasteiger partial charge in [0.2, 0.25) is 0 Å². The van der Waals surface area contributed by atoms with Gasteiger partial charge in [0.25, 0.3) is 0 Å². The Bertz CT molecular complexity index is 978. The lowest BCUT2D eigenvalue weighted by molar-refractivity contribution is 0.306. The molecule has 2 aliphatic heterocycles. The van der Waals surface area contributed by atoms with Crippen LogP contribution in [0.1, 0.15) is 24.8 Å². The number of hydrogen-bond donors (Lipinski definition) is 0. The Labute approximate surface area is 192 Å². The van der Waals surface area contributed by atoms with Crippen LogP contribution in [0.4, 0.5) is 17.1 Å². The monoisotopic (exact) mass is 427 g/mol. The first-order valence-corrected chi connectivity index (χ1v) is 12.0. The van der Waals surface area contributed by atoms with E-state index >= 15 is 0 Å². The molecular formula is C28H33N3O. The van der Waals surface area contributed by atoms with Crippen LogP contribution in [0.2, 0.25) is 0 Å². The van der Waals surface area contributed by atoms with Gasteiger partial charge in [-0.1, -0.05) is 48.5 Å². The van der Waals surface area contributed by atoms with Gasteiger partial charge < -0.3 is 19.4 Å². The minimum absolute atomic E-state index is 0.598. The average molecular weight is 428 g/mol. The Morgan fingerprint density at radius 3 is 1.91 bits per heavy atom. The van der Waals surface area contributed by atoms with Crippen molar-refractivity contribution < 1.29 is 4.74 Å². The van der Waals surface area contributed by atoms with E-state index in [0.717, 1.165) is 45.0 Å². The summed E-state index contributed by atoms with van der Waals surface area (Å²) in [5, 5.41) is 0. The van der Waals surface area contributed by atoms with Gasteiger partial charge in [0.1, 0.15) is 12.4 Å². The molecule has 0 N–H and O–H groups in total. The Kier molecular flexibility index (Phi) is 6.48. The number of piperidine rings is 1. The zero-order valence-corrected chi connectivity index (χ0v) is 18.8. The molecule has 0 aromatic heterocycles. The summed E-state index contributed by atoms with van der Waals surface area (Å²) in [7, 11) is 0. The van der Waals surface area contributed by atoms with E-state index in [1.165, 1.54) is 41.9 Å². The molecule has 2 heterocycles. The number of anilines is 3. The summed E-state index contributed by atoms with van der Waals surface area (Å²) in [6.07, 6.45) is 3.93. The Morgan fingerprint density at radius 1 is 0.562 bits per heavy atom. The number of rotatable bonds is 6. The molecule has 0 aliphatic carbocycles. The number of benzene rings is 3. The van der Waals surface area contributed by atoms with Crippen LogP contribution in [0.25, 0.3) is 0 Å². The topological polar surface area (TPSA) is 19.0 Å². The summed E-state index contributed by atoms with van der Waals surface area (Å²) in [4.78, 5) is 7.52. The summed E-state index contributed by atoms with van der Waals surface area (Å²) in [5.41, 5.74) is 5.08. The molecule has 5 rings (SSSR count). The second-order valence-electron chi connectivity index (χ2n) is 8.78. The Balaban J connectivity index is 1.35. The maximum atomic E-state index is 6.36. The van der Waals surface area contributed by atoms with E-state index < -0.39 is 0 Å². The van der Waals surface area contributed by atoms with Gasteiger partial charge in [0, 0.05) is 50.6 Å². The highest BCUT2D eigenvalue weighted by molar-refractivity contribution is 5.68. The molecule has 4 nitrogen and oxygen atoms in total. The maximum Gasteiger partial charge on any atom is 0.143 e. The fraction of sp³-hybridized carbons (Fsp3) is 0.357. The second-order valence-corrected chi connectivity index (χ2v) is 8.78. The standard InChI is InChI=1S/C28H33N3O/c1-4-10-24(11-5-1)23-32-28-15-14-26(29-16-8-3-9-17-29)22-27(28)31-20-18-30(19-21-31)25-12-6-2-7-13-25/h1-2,4-7,10-15,22H,3,8-9,16-21,23H2. The zero-order chi connectivity index (χ0) is 21.6. The molecule has 2 saturated heterocycles. The summed E-state index contributed by atoms with van der Waals surface area (Å²) in [6, 6.07) is 28.0. The average Bonchev–Trinajstić information content (AvgIpc) is 2.89. The molecule has 2 aliphatic rings. The van der Waals surface area contributed by atoms with Crippen molar-refractivity contribution >= 4 is 17.1 Å². The smallest absolute Gasteiger partial charge is 0.143 e. The minimum Gasteiger partial charge on any atom is -0.487 e. The number of para-hydroxylation sites is 1. The first-order valence-electron chi connectivity index (χ1n) is 12.0. The van der Waals surface area contributed by atoms with E-state index in [1.807, 2.05) is 0 Å². The van der Waals surface area contributed by atoms with Gasteiger partial charge in [-0.15, -0.1) is 0 Å². The van der Waals surface area contributed by atoms with Crippen molar-refractivity contribution in [3.63, 3.8) is 0 Å². The van der Waals surface area contributed by atoms with Gasteiger partial charge in [-0.3, -0.25) is 0 Å². The van der Waals surface area contributed by atoms with Crippen LogP contribution in [0.5, 0.6) is 5.75 Å². The third kappa shape index (κ3) is 4.85. The third-order valence-corrected chi connectivity index (χ3v) is 6.64. The highest BCUT2D eigenvalue weighted by atomic mass is 16.5. The van der Waals surface area contributed by atoms with Crippen LogP contribution in [0, 0.1) is 0 Å². The van der Waals surface area contributed by atoms with Crippen LogP contribution in [-0.2, 0) is 6.61 Å². The van der Waals surface area contributed by atoms with Crippen molar-refractivity contribution in [3.8, 4) is 5.75 Å². The van der Waals surface area contributed by atoms with Crippen molar-refractivity contribution in [2.24, 2.45) is 0 Å². The molecule has 0 saturated carbocycles. The van der Waals surface area contributed by atoms with E-state index in [9.17, 15) is 0 Å². The summed E-state index contributed by atoms with van der Waals surface area (Å²) in [6.45, 7) is 6.96. The highest BCUT2D eigenvalue weighted by Gasteiger charge is 2.22. The predicted octanol–water partition coefficient (Wildman–Crippen LogP) is 5.58. The number of hydrogen-bond acceptors (Lipinski definition) is 4. The highest BCUT2D eigenvalue weighted by Crippen LogP contribution is 2.35. The van der Waals surface area contributed by atoms with Gasteiger partial charge in [-0.25, -0.2) is 0 Å². The zero-order valence-electron chi connectivity index (χ0n) is 18.8. The van der Waals surface area contributed by atoms with E-state index in [-0.39, 0.29) is 0 Å². The van der Waals surface area contributed by atoms with Crippen molar-refractivity contribution in [3.05, 3.63) is 84.4 Å². The minimum atomic E-state index is 0.598. The maximum absolute atomic E-state index is 6.36. The van der Waals surface area contributed by atoms with E-state index in [0.29, 0.717) is 6.61 Å². The van der Waals surface area contributed by atoms with Crippen LogP contribution >= 0.6 is 0 Å². The van der Waals surface area contributed by atoms with Gasteiger partial charge in [-0.2, -0.15) is 0 Å². The molecule has 3 aromatic carbocycles. The lowest BCUT2D eigenvalue weighted by atomic mass is 10.1. The lowest BCUT2D eigenvalue weighted by Crippen LogP contribution is -2.46. The van der Waals surface area contributed by atoms with E-state index in [4.69, 9.17) is 4.74 Å². The lowest BCUT2D eigenvalue weighted by Gasteiger charge is -2.38. The molecule has 2 fully saturated rings. The van der Waals surface area contributed by atoms with Crippen LogP contribution < -0.4 is 19.4 Å². The van der Waals surface area contributed by atoms with Crippen molar-refractivity contribution in [2.75, 3.05) is 54.0 Å². The van der Waals surface area contributed by atoms with Crippen molar-refractivity contribution in [1.29, 1.82) is 0 Å². The normalized spacial score (nSPS) is 16.8. The fourth-order valence-electron chi connectivity index (χ4n) is 4.80. The summed E-state index contributed by atoms with van der Waals surface area (Å²) >= 11 is 0. The van der Waals surface area contributed by atoms with Crippen LogP contribution in [0.3, 0.4) is 0 Å². The molecule has 0 bridgehead atoms. The predicted molar refractivity (Wildman–Crippen MR) is 134 cm³/mol. The molecule has 32 heavy (non-hydrogen) atoms. The van der Waals surface area contributed by atoms with Gasteiger partial charge in [0.15, 0.2) is 0 Å². The molecule has 0 amide bonds. The van der Waals surface area contributed by atoms with Gasteiger partial charge >= 0.3 is 0 Å². The van der Waals surface area contributed by atoms with Crippen LogP contribution in [-0.4, -0.2) is 39.3 Å². The quantitative estimate of drug-likeness (QED) is 0.511. The number of ether oxygens (including phenoxy) is 1. The summed E-state index contributed by atoms with van der Waals surface area (Å²) in [5.74, 6) is 0.989. The molecule has 0 atom stereocenters. The fourth-order valence-corrected chi connectivity index (χ4v) is 4.80. The molecule has 0 unspecified atom stereocenters. The third-order valence-electron chi connectivity index (χ3n) is 6.64. The molecule has 3 aromatic rings. The molecular weight excluding hydrogens is 394 g/mol. The first-order chi connectivity index (χ1) is 15.9. The molecule has 0 spiro atoms. The number of piperazine rings is 1.